The summed E-state index contributed by atoms with van der Waals surface area (Å²) >= 11 is 0. The number of nitrogens with one attached hydrogen (secondary N) is 1. The molecule has 1 atom stereocenters. The smallest absolute Gasteiger partial charge is 0.155 e. The van der Waals surface area contributed by atoms with Crippen molar-refractivity contribution >= 4 is 5.65 Å². The van der Waals surface area contributed by atoms with E-state index < -0.39 is 0 Å². The monoisotopic (exact) mass is 232 g/mol. The molecule has 0 radical (unpaired) electrons. The summed E-state index contributed by atoms with van der Waals surface area (Å²) in [5, 5.41) is 7.85. The van der Waals surface area contributed by atoms with Gasteiger partial charge in [-0.3, -0.25) is 0 Å². The quantitative estimate of drug-likeness (QED) is 0.878. The average molecular weight is 232 g/mol. The SMILES string of the molecule is Cc1cc2ncc(CNC(C)C(C)C)cn2n1. The highest BCUT2D eigenvalue weighted by atomic mass is 15.2. The van der Waals surface area contributed by atoms with E-state index in [2.05, 4.69) is 36.2 Å². The molecule has 92 valence electrons. The molecule has 17 heavy (non-hydrogen) atoms. The van der Waals surface area contributed by atoms with Crippen molar-refractivity contribution in [2.75, 3.05) is 0 Å². The van der Waals surface area contributed by atoms with E-state index >= 15 is 0 Å². The summed E-state index contributed by atoms with van der Waals surface area (Å²) in [6.45, 7) is 9.45. The van der Waals surface area contributed by atoms with Gasteiger partial charge >= 0.3 is 0 Å². The van der Waals surface area contributed by atoms with E-state index in [1.165, 1.54) is 0 Å². The molecule has 0 saturated heterocycles. The zero-order valence-corrected chi connectivity index (χ0v) is 10.9. The Bertz CT molecular complexity index is 501. The van der Waals surface area contributed by atoms with Crippen LogP contribution in [0.2, 0.25) is 0 Å². The molecule has 2 aromatic rings. The molecule has 0 aliphatic rings. The van der Waals surface area contributed by atoms with Crippen LogP contribution in [0.1, 0.15) is 32.0 Å². The Balaban J connectivity index is 2.08. The lowest BCUT2D eigenvalue weighted by atomic mass is 10.1. The molecule has 0 saturated carbocycles. The molecule has 0 aliphatic carbocycles. The van der Waals surface area contributed by atoms with Crippen LogP contribution in [0, 0.1) is 12.8 Å². The van der Waals surface area contributed by atoms with Crippen LogP contribution in [0.3, 0.4) is 0 Å². The summed E-state index contributed by atoms with van der Waals surface area (Å²) in [6, 6.07) is 2.48. The molecular formula is C13H20N4. The fourth-order valence-corrected chi connectivity index (χ4v) is 1.64. The second-order valence-corrected chi connectivity index (χ2v) is 4.96. The lowest BCUT2D eigenvalue weighted by Crippen LogP contribution is -2.30. The van der Waals surface area contributed by atoms with Gasteiger partial charge in [-0.1, -0.05) is 13.8 Å². The van der Waals surface area contributed by atoms with E-state index in [-0.39, 0.29) is 0 Å². The minimum absolute atomic E-state index is 0.505. The zero-order valence-electron chi connectivity index (χ0n) is 10.9. The number of aryl methyl sites for hydroxylation is 1. The van der Waals surface area contributed by atoms with Crippen molar-refractivity contribution in [1.82, 2.24) is 19.9 Å². The number of rotatable bonds is 4. The fourth-order valence-electron chi connectivity index (χ4n) is 1.64. The van der Waals surface area contributed by atoms with Gasteiger partial charge in [0.2, 0.25) is 0 Å². The number of hydrogen-bond donors (Lipinski definition) is 1. The summed E-state index contributed by atoms with van der Waals surface area (Å²) in [4.78, 5) is 4.39. The Hall–Kier alpha value is -1.42. The van der Waals surface area contributed by atoms with E-state index in [0.29, 0.717) is 12.0 Å². The summed E-state index contributed by atoms with van der Waals surface area (Å²) in [7, 11) is 0. The third-order valence-electron chi connectivity index (χ3n) is 3.12. The number of aromatic nitrogens is 3. The van der Waals surface area contributed by atoms with E-state index in [0.717, 1.165) is 23.4 Å². The molecule has 0 spiro atoms. The van der Waals surface area contributed by atoms with Gasteiger partial charge in [-0.15, -0.1) is 0 Å². The Morgan fingerprint density at radius 2 is 2.12 bits per heavy atom. The maximum absolute atomic E-state index is 4.39. The van der Waals surface area contributed by atoms with Crippen LogP contribution in [0.5, 0.6) is 0 Å². The first-order valence-electron chi connectivity index (χ1n) is 6.10. The van der Waals surface area contributed by atoms with Gasteiger partial charge < -0.3 is 5.32 Å². The lowest BCUT2D eigenvalue weighted by molar-refractivity contribution is 0.425. The van der Waals surface area contributed by atoms with E-state index in [4.69, 9.17) is 0 Å². The van der Waals surface area contributed by atoms with Crippen LogP contribution in [-0.4, -0.2) is 20.6 Å². The number of nitrogens with zero attached hydrogens (tertiary/aromatic N) is 3. The summed E-state index contributed by atoms with van der Waals surface area (Å²) in [5.41, 5.74) is 3.06. The standard InChI is InChI=1S/C13H20N4/c1-9(2)11(4)14-6-12-7-15-13-5-10(3)16-17(13)8-12/h5,7-9,11,14H,6H2,1-4H3. The first-order valence-corrected chi connectivity index (χ1v) is 6.10. The minimum Gasteiger partial charge on any atom is -0.310 e. The van der Waals surface area contributed by atoms with Crippen molar-refractivity contribution in [3.63, 3.8) is 0 Å². The molecule has 0 aromatic carbocycles. The normalized spacial score (nSPS) is 13.5. The Morgan fingerprint density at radius 1 is 1.35 bits per heavy atom. The largest absolute Gasteiger partial charge is 0.310 e. The van der Waals surface area contributed by atoms with Crippen LogP contribution in [0.25, 0.3) is 5.65 Å². The third-order valence-corrected chi connectivity index (χ3v) is 3.12. The van der Waals surface area contributed by atoms with Crippen molar-refractivity contribution < 1.29 is 0 Å². The summed E-state index contributed by atoms with van der Waals surface area (Å²) in [6.07, 6.45) is 3.95. The van der Waals surface area contributed by atoms with Gasteiger partial charge in [0.05, 0.1) is 5.69 Å². The summed E-state index contributed by atoms with van der Waals surface area (Å²) in [5.74, 6) is 0.638. The average Bonchev–Trinajstić information content (AvgIpc) is 2.64. The molecule has 2 rings (SSSR count). The molecule has 2 heterocycles. The highest BCUT2D eigenvalue weighted by Gasteiger charge is 2.06. The second-order valence-electron chi connectivity index (χ2n) is 4.96. The van der Waals surface area contributed by atoms with Crippen LogP contribution in [0.4, 0.5) is 0 Å². The van der Waals surface area contributed by atoms with Crippen molar-refractivity contribution in [3.05, 3.63) is 29.7 Å². The molecule has 4 heteroatoms. The van der Waals surface area contributed by atoms with Gasteiger partial charge in [0.1, 0.15) is 0 Å². The van der Waals surface area contributed by atoms with Crippen molar-refractivity contribution in [3.8, 4) is 0 Å². The predicted octanol–water partition coefficient (Wildman–Crippen LogP) is 2.17. The highest BCUT2D eigenvalue weighted by Crippen LogP contribution is 2.06. The molecule has 2 aromatic heterocycles. The van der Waals surface area contributed by atoms with Gasteiger partial charge in [0.25, 0.3) is 0 Å². The zero-order chi connectivity index (χ0) is 12.4. The lowest BCUT2D eigenvalue weighted by Gasteiger charge is -2.17. The second kappa shape index (κ2) is 4.84. The summed E-state index contributed by atoms with van der Waals surface area (Å²) < 4.78 is 1.84. The first kappa shape index (κ1) is 12.0. The molecular weight excluding hydrogens is 212 g/mol. The van der Waals surface area contributed by atoms with Gasteiger partial charge in [0, 0.05) is 36.6 Å². The van der Waals surface area contributed by atoms with Crippen LogP contribution in [-0.2, 0) is 6.54 Å². The number of fused-ring (bicyclic) bond motifs is 1. The molecule has 0 bridgehead atoms. The van der Waals surface area contributed by atoms with Gasteiger partial charge in [-0.25, -0.2) is 9.50 Å². The predicted molar refractivity (Wildman–Crippen MR) is 68.9 cm³/mol. The molecule has 1 N–H and O–H groups in total. The van der Waals surface area contributed by atoms with Crippen LogP contribution < -0.4 is 5.32 Å². The minimum atomic E-state index is 0.505. The maximum atomic E-state index is 4.39. The van der Waals surface area contributed by atoms with Crippen molar-refractivity contribution in [2.24, 2.45) is 5.92 Å². The Kier molecular flexibility index (Phi) is 3.43. The number of hydrogen-bond acceptors (Lipinski definition) is 3. The van der Waals surface area contributed by atoms with E-state index in [1.807, 2.05) is 29.9 Å². The van der Waals surface area contributed by atoms with Gasteiger partial charge in [-0.2, -0.15) is 5.10 Å². The van der Waals surface area contributed by atoms with E-state index in [1.54, 1.807) is 0 Å². The van der Waals surface area contributed by atoms with Gasteiger partial charge in [-0.05, 0) is 19.8 Å². The van der Waals surface area contributed by atoms with Crippen LogP contribution in [0.15, 0.2) is 18.5 Å². The van der Waals surface area contributed by atoms with E-state index in [9.17, 15) is 0 Å². The Morgan fingerprint density at radius 3 is 2.82 bits per heavy atom. The molecule has 1 unspecified atom stereocenters. The van der Waals surface area contributed by atoms with Crippen molar-refractivity contribution in [2.45, 2.75) is 40.3 Å². The van der Waals surface area contributed by atoms with Gasteiger partial charge in [0.15, 0.2) is 5.65 Å². The fraction of sp³-hybridized carbons (Fsp3) is 0.538. The molecule has 4 nitrogen and oxygen atoms in total. The highest BCUT2D eigenvalue weighted by molar-refractivity contribution is 5.38. The Labute approximate surface area is 102 Å². The first-order chi connectivity index (χ1) is 8.06. The third kappa shape index (κ3) is 2.82. The van der Waals surface area contributed by atoms with Crippen molar-refractivity contribution in [1.29, 1.82) is 0 Å². The topological polar surface area (TPSA) is 42.2 Å². The van der Waals surface area contributed by atoms with Crippen LogP contribution >= 0.6 is 0 Å². The maximum Gasteiger partial charge on any atom is 0.155 e. The molecule has 0 aliphatic heterocycles. The molecule has 0 amide bonds. The molecule has 0 fully saturated rings.